The van der Waals surface area contributed by atoms with Crippen molar-refractivity contribution >= 4 is 22.2 Å². The van der Waals surface area contributed by atoms with Crippen LogP contribution in [-0.4, -0.2) is 58.6 Å². The van der Waals surface area contributed by atoms with Gasteiger partial charge in [-0.05, 0) is 18.4 Å². The number of rotatable bonds is 6. The van der Waals surface area contributed by atoms with E-state index in [2.05, 4.69) is 31.3 Å². The van der Waals surface area contributed by atoms with Crippen LogP contribution in [0.2, 0.25) is 0 Å². The van der Waals surface area contributed by atoms with Gasteiger partial charge >= 0.3 is 0 Å². The normalized spacial score (nSPS) is 15.8. The van der Waals surface area contributed by atoms with E-state index in [9.17, 15) is 4.79 Å². The summed E-state index contributed by atoms with van der Waals surface area (Å²) in [5.41, 5.74) is 0.517. The summed E-state index contributed by atoms with van der Waals surface area (Å²) in [6.07, 6.45) is 0.422. The Morgan fingerprint density at radius 2 is 2.16 bits per heavy atom. The molecule has 1 amide bonds. The molecule has 9 heteroatoms. The summed E-state index contributed by atoms with van der Waals surface area (Å²) < 4.78 is 5.15. The lowest BCUT2D eigenvalue weighted by molar-refractivity contribution is -0.116. The SMILES string of the molecule is Cc1noc(CN2CCN(CCC(=O)Nc3sccc3C#N)CC2)n1. The molecule has 8 nitrogen and oxygen atoms in total. The standard InChI is InChI=1S/C16H20N6O2S/c1-12-18-15(24-20-12)11-22-7-5-21(6-8-22)4-2-14(23)19-16-13(10-17)3-9-25-16/h3,9H,2,4-8,11H2,1H3,(H,19,23). The van der Waals surface area contributed by atoms with Gasteiger partial charge in [0.25, 0.3) is 0 Å². The van der Waals surface area contributed by atoms with Crippen molar-refractivity contribution in [3.05, 3.63) is 28.7 Å². The van der Waals surface area contributed by atoms with Crippen LogP contribution in [0.3, 0.4) is 0 Å². The number of aromatic nitrogens is 2. The lowest BCUT2D eigenvalue weighted by Crippen LogP contribution is -2.46. The molecule has 1 N–H and O–H groups in total. The lowest BCUT2D eigenvalue weighted by atomic mass is 10.2. The summed E-state index contributed by atoms with van der Waals surface area (Å²) in [5, 5.41) is 18.0. The second kappa shape index (κ2) is 8.20. The van der Waals surface area contributed by atoms with Gasteiger partial charge in [-0.15, -0.1) is 11.3 Å². The third-order valence-corrected chi connectivity index (χ3v) is 4.92. The Bertz CT molecular complexity index is 757. The van der Waals surface area contributed by atoms with Crippen LogP contribution >= 0.6 is 11.3 Å². The third kappa shape index (κ3) is 4.85. The number of carbonyl (C=O) groups is 1. The maximum atomic E-state index is 12.1. The molecule has 25 heavy (non-hydrogen) atoms. The second-order valence-corrected chi connectivity index (χ2v) is 6.84. The predicted octanol–water partition coefficient (Wildman–Crippen LogP) is 1.46. The van der Waals surface area contributed by atoms with Gasteiger partial charge in [-0.1, -0.05) is 5.16 Å². The molecular weight excluding hydrogens is 340 g/mol. The summed E-state index contributed by atoms with van der Waals surface area (Å²) in [6, 6.07) is 3.79. The minimum Gasteiger partial charge on any atom is -0.338 e. The number of hydrogen-bond donors (Lipinski definition) is 1. The van der Waals surface area contributed by atoms with Crippen molar-refractivity contribution in [1.82, 2.24) is 19.9 Å². The van der Waals surface area contributed by atoms with E-state index in [0.29, 0.717) is 41.8 Å². The number of amides is 1. The van der Waals surface area contributed by atoms with Crippen molar-refractivity contribution in [1.29, 1.82) is 5.26 Å². The predicted molar refractivity (Wildman–Crippen MR) is 93.0 cm³/mol. The lowest BCUT2D eigenvalue weighted by Gasteiger charge is -2.33. The smallest absolute Gasteiger partial charge is 0.240 e. The van der Waals surface area contributed by atoms with E-state index in [1.54, 1.807) is 11.4 Å². The number of carbonyl (C=O) groups excluding carboxylic acids is 1. The first-order chi connectivity index (χ1) is 12.1. The maximum absolute atomic E-state index is 12.1. The number of nitriles is 1. The number of nitrogens with one attached hydrogen (secondary N) is 1. The van der Waals surface area contributed by atoms with Crippen molar-refractivity contribution in [3.63, 3.8) is 0 Å². The van der Waals surface area contributed by atoms with Gasteiger partial charge in [0.2, 0.25) is 11.8 Å². The minimum atomic E-state index is -0.0530. The third-order valence-electron chi connectivity index (χ3n) is 4.09. The quantitative estimate of drug-likeness (QED) is 0.832. The summed E-state index contributed by atoms with van der Waals surface area (Å²) in [7, 11) is 0. The van der Waals surface area contributed by atoms with Crippen LogP contribution in [0.5, 0.6) is 0 Å². The second-order valence-electron chi connectivity index (χ2n) is 5.93. The van der Waals surface area contributed by atoms with E-state index < -0.39 is 0 Å². The highest BCUT2D eigenvalue weighted by Crippen LogP contribution is 2.22. The molecule has 1 fully saturated rings. The maximum Gasteiger partial charge on any atom is 0.240 e. The molecule has 2 aromatic rings. The molecule has 0 atom stereocenters. The van der Waals surface area contributed by atoms with Crippen LogP contribution in [0.4, 0.5) is 5.00 Å². The molecule has 2 aromatic heterocycles. The first kappa shape index (κ1) is 17.5. The average molecular weight is 360 g/mol. The summed E-state index contributed by atoms with van der Waals surface area (Å²) in [4.78, 5) is 20.8. The molecule has 0 bridgehead atoms. The Morgan fingerprint density at radius 1 is 1.40 bits per heavy atom. The van der Waals surface area contributed by atoms with Crippen LogP contribution in [0.1, 0.15) is 23.7 Å². The Labute approximate surface area is 150 Å². The van der Waals surface area contributed by atoms with Crippen molar-refractivity contribution < 1.29 is 9.32 Å². The molecule has 132 valence electrons. The highest BCUT2D eigenvalue weighted by atomic mass is 32.1. The van der Waals surface area contributed by atoms with Gasteiger partial charge in [0.05, 0.1) is 12.1 Å². The van der Waals surface area contributed by atoms with Crippen molar-refractivity contribution in [2.45, 2.75) is 19.9 Å². The molecule has 0 radical (unpaired) electrons. The van der Waals surface area contributed by atoms with Gasteiger partial charge < -0.3 is 14.7 Å². The molecule has 0 aliphatic carbocycles. The number of aryl methyl sites for hydroxylation is 1. The number of anilines is 1. The molecule has 0 spiro atoms. The molecule has 1 aliphatic heterocycles. The Morgan fingerprint density at radius 3 is 2.84 bits per heavy atom. The largest absolute Gasteiger partial charge is 0.338 e. The minimum absolute atomic E-state index is 0.0530. The molecule has 0 unspecified atom stereocenters. The molecule has 1 aliphatic rings. The van der Waals surface area contributed by atoms with Crippen LogP contribution < -0.4 is 5.32 Å². The van der Waals surface area contributed by atoms with Crippen LogP contribution in [0, 0.1) is 18.3 Å². The van der Waals surface area contributed by atoms with Gasteiger partial charge in [-0.3, -0.25) is 9.69 Å². The Kier molecular flexibility index (Phi) is 5.75. The zero-order valence-corrected chi connectivity index (χ0v) is 14.9. The van der Waals surface area contributed by atoms with E-state index in [-0.39, 0.29) is 5.91 Å². The van der Waals surface area contributed by atoms with Crippen molar-refractivity contribution in [3.8, 4) is 6.07 Å². The molecule has 0 saturated carbocycles. The van der Waals surface area contributed by atoms with Crippen LogP contribution in [-0.2, 0) is 11.3 Å². The fourth-order valence-electron chi connectivity index (χ4n) is 2.71. The topological polar surface area (TPSA) is 98.3 Å². The summed E-state index contributed by atoms with van der Waals surface area (Å²) in [5.74, 6) is 1.25. The van der Waals surface area contributed by atoms with E-state index in [1.807, 2.05) is 6.92 Å². The first-order valence-electron chi connectivity index (χ1n) is 8.15. The van der Waals surface area contributed by atoms with Crippen LogP contribution in [0.15, 0.2) is 16.0 Å². The highest BCUT2D eigenvalue weighted by Gasteiger charge is 2.19. The first-order valence-corrected chi connectivity index (χ1v) is 9.03. The van der Waals surface area contributed by atoms with Gasteiger partial charge in [0, 0.05) is 39.1 Å². The van der Waals surface area contributed by atoms with Crippen molar-refractivity contribution in [2.24, 2.45) is 0 Å². The van der Waals surface area contributed by atoms with Gasteiger partial charge in [-0.25, -0.2) is 0 Å². The highest BCUT2D eigenvalue weighted by molar-refractivity contribution is 7.14. The zero-order chi connectivity index (χ0) is 17.6. The average Bonchev–Trinajstić information content (AvgIpc) is 3.23. The fraction of sp³-hybridized carbons (Fsp3) is 0.500. The van der Waals surface area contributed by atoms with E-state index in [0.717, 1.165) is 26.2 Å². The number of thiophene rings is 1. The molecule has 1 saturated heterocycles. The fourth-order valence-corrected chi connectivity index (χ4v) is 3.46. The van der Waals surface area contributed by atoms with Crippen LogP contribution in [0.25, 0.3) is 0 Å². The number of piperazine rings is 1. The van der Waals surface area contributed by atoms with E-state index >= 15 is 0 Å². The Balaban J connectivity index is 1.37. The van der Waals surface area contributed by atoms with Crippen molar-refractivity contribution in [2.75, 3.05) is 38.0 Å². The number of hydrogen-bond acceptors (Lipinski definition) is 8. The molecule has 3 heterocycles. The zero-order valence-electron chi connectivity index (χ0n) is 14.1. The van der Waals surface area contributed by atoms with E-state index in [4.69, 9.17) is 9.78 Å². The van der Waals surface area contributed by atoms with E-state index in [1.165, 1.54) is 11.3 Å². The number of nitrogens with zero attached hydrogens (tertiary/aromatic N) is 5. The molecule has 0 aromatic carbocycles. The van der Waals surface area contributed by atoms with Gasteiger partial charge in [0.15, 0.2) is 5.82 Å². The summed E-state index contributed by atoms with van der Waals surface area (Å²) in [6.45, 7) is 6.83. The summed E-state index contributed by atoms with van der Waals surface area (Å²) >= 11 is 1.37. The molecule has 3 rings (SSSR count). The Hall–Kier alpha value is -2.28. The van der Waals surface area contributed by atoms with Gasteiger partial charge in [0.1, 0.15) is 11.1 Å². The molecular formula is C16H20N6O2S. The monoisotopic (exact) mass is 360 g/mol. The van der Waals surface area contributed by atoms with Gasteiger partial charge in [-0.2, -0.15) is 10.2 Å².